The molecule has 2 rings (SSSR count). The highest BCUT2D eigenvalue weighted by Gasteiger charge is 2.45. The zero-order chi connectivity index (χ0) is 10.2. The molecule has 1 atom stereocenters. The minimum absolute atomic E-state index is 0. The Kier molecular flexibility index (Phi) is 3.37. The van der Waals surface area contributed by atoms with Crippen molar-refractivity contribution in [3.05, 3.63) is 35.4 Å². The lowest BCUT2D eigenvalue weighted by Crippen LogP contribution is -2.35. The highest BCUT2D eigenvalue weighted by Crippen LogP contribution is 2.39. The molecule has 0 aliphatic heterocycles. The average molecular weight is 229 g/mol. The Balaban J connectivity index is 0.00000112. The molecule has 0 aromatic heterocycles. The van der Waals surface area contributed by atoms with Crippen LogP contribution in [0.5, 0.6) is 0 Å². The Labute approximate surface area is 94.5 Å². The summed E-state index contributed by atoms with van der Waals surface area (Å²) >= 11 is 0. The van der Waals surface area contributed by atoms with Crippen molar-refractivity contribution in [2.24, 2.45) is 0 Å². The first-order valence-corrected chi connectivity index (χ1v) is 4.57. The predicted octanol–water partition coefficient (Wildman–Crippen LogP) is 1.98. The number of halogens is 1. The minimum atomic E-state index is -1.11. The Bertz CT molecular complexity index is 378. The molecule has 0 fully saturated rings. The molecule has 0 saturated carbocycles. The van der Waals surface area contributed by atoms with E-state index in [0.717, 1.165) is 17.5 Å². The van der Waals surface area contributed by atoms with E-state index in [-0.39, 0.29) is 12.4 Å². The van der Waals surface area contributed by atoms with E-state index in [9.17, 15) is 9.90 Å². The normalized spacial score (nSPS) is 23.0. The van der Waals surface area contributed by atoms with Crippen molar-refractivity contribution in [2.75, 3.05) is 7.11 Å². The molecule has 82 valence electrons. The second kappa shape index (κ2) is 4.21. The van der Waals surface area contributed by atoms with Gasteiger partial charge in [0.15, 0.2) is 5.60 Å². The highest BCUT2D eigenvalue weighted by atomic mass is 35.5. The van der Waals surface area contributed by atoms with Crippen molar-refractivity contribution in [1.29, 1.82) is 0 Å². The molecule has 0 amide bonds. The summed E-state index contributed by atoms with van der Waals surface area (Å²) in [7, 11) is 1.45. The lowest BCUT2D eigenvalue weighted by molar-refractivity contribution is -0.163. The van der Waals surface area contributed by atoms with Gasteiger partial charge in [-0.1, -0.05) is 24.3 Å². The molecule has 0 radical (unpaired) electrons. The molecule has 4 heteroatoms. The Morgan fingerprint density at radius 3 is 2.73 bits per heavy atom. The third kappa shape index (κ3) is 1.62. The molecule has 0 saturated heterocycles. The first-order valence-electron chi connectivity index (χ1n) is 4.57. The fourth-order valence-corrected chi connectivity index (χ4v) is 2.10. The third-order valence-electron chi connectivity index (χ3n) is 2.89. The van der Waals surface area contributed by atoms with E-state index < -0.39 is 11.6 Å². The smallest absolute Gasteiger partial charge is 0.340 e. The summed E-state index contributed by atoms with van der Waals surface area (Å²) in [6.07, 6.45) is 1.30. The van der Waals surface area contributed by atoms with Crippen LogP contribution in [0.3, 0.4) is 0 Å². The van der Waals surface area contributed by atoms with Crippen LogP contribution in [0.4, 0.5) is 0 Å². The summed E-state index contributed by atoms with van der Waals surface area (Å²) < 4.78 is 5.19. The summed E-state index contributed by atoms with van der Waals surface area (Å²) in [6, 6.07) is 7.56. The van der Waals surface area contributed by atoms with Gasteiger partial charge in [-0.3, -0.25) is 0 Å². The van der Waals surface area contributed by atoms with E-state index in [2.05, 4.69) is 0 Å². The molecule has 1 unspecified atom stereocenters. The van der Waals surface area contributed by atoms with Crippen LogP contribution in [0.1, 0.15) is 17.5 Å². The summed E-state index contributed by atoms with van der Waals surface area (Å²) in [4.78, 5) is 11.2. The molecular weight excluding hydrogens is 216 g/mol. The van der Waals surface area contributed by atoms with Crippen molar-refractivity contribution in [2.45, 2.75) is 18.4 Å². The Hall–Kier alpha value is -1.06. The van der Waals surface area contributed by atoms with Gasteiger partial charge in [-0.25, -0.2) is 4.79 Å². The number of carboxylic acids is 1. The Morgan fingerprint density at radius 1 is 1.47 bits per heavy atom. The summed E-state index contributed by atoms with van der Waals surface area (Å²) in [5, 5.41) is 9.19. The largest absolute Gasteiger partial charge is 0.479 e. The fourth-order valence-electron chi connectivity index (χ4n) is 2.10. The van der Waals surface area contributed by atoms with Crippen LogP contribution in [-0.4, -0.2) is 18.2 Å². The maximum Gasteiger partial charge on any atom is 0.340 e. The van der Waals surface area contributed by atoms with Gasteiger partial charge in [0.25, 0.3) is 0 Å². The molecule has 0 spiro atoms. The monoisotopic (exact) mass is 228 g/mol. The molecule has 1 aromatic carbocycles. The van der Waals surface area contributed by atoms with Crippen molar-refractivity contribution < 1.29 is 14.6 Å². The van der Waals surface area contributed by atoms with E-state index in [1.807, 2.05) is 24.3 Å². The van der Waals surface area contributed by atoms with E-state index in [4.69, 9.17) is 4.74 Å². The lowest BCUT2D eigenvalue weighted by atomic mass is 9.96. The van der Waals surface area contributed by atoms with Gasteiger partial charge in [-0.2, -0.15) is 0 Å². The molecule has 1 N–H and O–H groups in total. The zero-order valence-corrected chi connectivity index (χ0v) is 9.21. The number of benzene rings is 1. The SMILES string of the molecule is COC1(C(=O)O)CCc2ccccc21.Cl. The molecule has 0 heterocycles. The quantitative estimate of drug-likeness (QED) is 0.842. The number of aliphatic carboxylic acids is 1. The molecule has 1 aromatic rings. The van der Waals surface area contributed by atoms with Gasteiger partial charge in [0.05, 0.1) is 0 Å². The third-order valence-corrected chi connectivity index (χ3v) is 2.89. The standard InChI is InChI=1S/C11H12O3.ClH/c1-14-11(10(12)13)7-6-8-4-2-3-5-9(8)11;/h2-5H,6-7H2,1H3,(H,12,13);1H. The maximum absolute atomic E-state index is 11.2. The van der Waals surface area contributed by atoms with E-state index >= 15 is 0 Å². The molecule has 0 bridgehead atoms. The predicted molar refractivity (Wildman–Crippen MR) is 58.3 cm³/mol. The molecule has 15 heavy (non-hydrogen) atoms. The average Bonchev–Trinajstić information content (AvgIpc) is 2.57. The van der Waals surface area contributed by atoms with Gasteiger partial charge in [0, 0.05) is 7.11 Å². The van der Waals surface area contributed by atoms with Crippen LogP contribution in [0.2, 0.25) is 0 Å². The van der Waals surface area contributed by atoms with Gasteiger partial charge < -0.3 is 9.84 Å². The van der Waals surface area contributed by atoms with Gasteiger partial charge >= 0.3 is 5.97 Å². The number of aryl methyl sites for hydroxylation is 1. The van der Waals surface area contributed by atoms with E-state index in [1.54, 1.807) is 0 Å². The topological polar surface area (TPSA) is 46.5 Å². The second-order valence-corrected chi connectivity index (χ2v) is 3.49. The highest BCUT2D eigenvalue weighted by molar-refractivity contribution is 5.85. The van der Waals surface area contributed by atoms with Crippen LogP contribution < -0.4 is 0 Å². The second-order valence-electron chi connectivity index (χ2n) is 3.49. The number of hydrogen-bond acceptors (Lipinski definition) is 2. The van der Waals surface area contributed by atoms with Crippen molar-refractivity contribution in [3.8, 4) is 0 Å². The number of hydrogen-bond donors (Lipinski definition) is 1. The first kappa shape index (κ1) is 12.0. The summed E-state index contributed by atoms with van der Waals surface area (Å²) in [6.45, 7) is 0. The lowest BCUT2D eigenvalue weighted by Gasteiger charge is -2.23. The van der Waals surface area contributed by atoms with Gasteiger partial charge in [-0.05, 0) is 24.0 Å². The van der Waals surface area contributed by atoms with Crippen LogP contribution in [-0.2, 0) is 21.6 Å². The van der Waals surface area contributed by atoms with Crippen LogP contribution >= 0.6 is 12.4 Å². The van der Waals surface area contributed by atoms with E-state index in [1.165, 1.54) is 7.11 Å². The Morgan fingerprint density at radius 2 is 2.13 bits per heavy atom. The van der Waals surface area contributed by atoms with E-state index in [0.29, 0.717) is 6.42 Å². The van der Waals surface area contributed by atoms with Gasteiger partial charge in [-0.15, -0.1) is 12.4 Å². The molecule has 1 aliphatic carbocycles. The van der Waals surface area contributed by atoms with Crippen LogP contribution in [0.15, 0.2) is 24.3 Å². The van der Waals surface area contributed by atoms with Crippen molar-refractivity contribution in [3.63, 3.8) is 0 Å². The van der Waals surface area contributed by atoms with Gasteiger partial charge in [0.1, 0.15) is 0 Å². The number of carbonyl (C=O) groups is 1. The molecular formula is C11H13ClO3. The minimum Gasteiger partial charge on any atom is -0.479 e. The number of rotatable bonds is 2. The molecule has 3 nitrogen and oxygen atoms in total. The molecule has 1 aliphatic rings. The zero-order valence-electron chi connectivity index (χ0n) is 8.40. The summed E-state index contributed by atoms with van der Waals surface area (Å²) in [5.74, 6) is -0.898. The number of carboxylic acid groups (broad SMARTS) is 1. The fraction of sp³-hybridized carbons (Fsp3) is 0.364. The maximum atomic E-state index is 11.2. The summed E-state index contributed by atoms with van der Waals surface area (Å²) in [5.41, 5.74) is 0.767. The van der Waals surface area contributed by atoms with Gasteiger partial charge in [0.2, 0.25) is 0 Å². The number of methoxy groups -OCH3 is 1. The van der Waals surface area contributed by atoms with Crippen LogP contribution in [0, 0.1) is 0 Å². The first-order chi connectivity index (χ1) is 6.70. The van der Waals surface area contributed by atoms with Crippen molar-refractivity contribution >= 4 is 18.4 Å². The van der Waals surface area contributed by atoms with Crippen LogP contribution in [0.25, 0.3) is 0 Å². The van der Waals surface area contributed by atoms with Crippen molar-refractivity contribution in [1.82, 2.24) is 0 Å². The number of fused-ring (bicyclic) bond motifs is 1. The number of ether oxygens (including phenoxy) is 1.